The second-order valence-electron chi connectivity index (χ2n) is 9.35. The summed E-state index contributed by atoms with van der Waals surface area (Å²) in [5, 5.41) is 8.21. The van der Waals surface area contributed by atoms with E-state index in [-0.39, 0.29) is 30.4 Å². The molecule has 2 aromatic rings. The summed E-state index contributed by atoms with van der Waals surface area (Å²) in [6.45, 7) is 8.84. The van der Waals surface area contributed by atoms with Crippen LogP contribution in [0.25, 0.3) is 0 Å². The molecule has 31 heavy (non-hydrogen) atoms. The molecule has 0 aliphatic carbocycles. The molecule has 0 radical (unpaired) electrons. The van der Waals surface area contributed by atoms with Crippen LogP contribution < -0.4 is 15.2 Å². The van der Waals surface area contributed by atoms with E-state index in [0.29, 0.717) is 30.4 Å². The number of likely N-dealkylation sites (tertiary alicyclic amines) is 1. The third-order valence-corrected chi connectivity index (χ3v) is 6.15. The molecular weight excluding hydrogens is 400 g/mol. The van der Waals surface area contributed by atoms with Crippen molar-refractivity contribution in [3.05, 3.63) is 35.5 Å². The Morgan fingerprint density at radius 3 is 2.65 bits per heavy atom. The first kappa shape index (κ1) is 21.3. The Balaban J connectivity index is 1.53. The number of carbonyl (C=O) groups is 2. The van der Waals surface area contributed by atoms with Crippen molar-refractivity contribution >= 4 is 11.7 Å². The predicted octanol–water partition coefficient (Wildman–Crippen LogP) is 2.28. The Morgan fingerprint density at radius 1 is 1.16 bits per heavy atom. The van der Waals surface area contributed by atoms with Crippen LogP contribution in [0.15, 0.2) is 22.6 Å². The highest BCUT2D eigenvalue weighted by atomic mass is 16.7. The van der Waals surface area contributed by atoms with Crippen LogP contribution >= 0.6 is 0 Å². The van der Waals surface area contributed by atoms with E-state index in [9.17, 15) is 9.59 Å². The van der Waals surface area contributed by atoms with Crippen LogP contribution in [0, 0.1) is 5.41 Å². The van der Waals surface area contributed by atoms with Gasteiger partial charge < -0.3 is 19.6 Å². The normalized spacial score (nSPS) is 19.0. The highest BCUT2D eigenvalue weighted by Gasteiger charge is 2.40. The van der Waals surface area contributed by atoms with E-state index < -0.39 is 10.8 Å². The first-order chi connectivity index (χ1) is 14.6. The molecule has 4 rings (SSSR count). The molecule has 166 valence electrons. The maximum atomic E-state index is 13.2. The van der Waals surface area contributed by atoms with Crippen molar-refractivity contribution in [3.8, 4) is 11.5 Å². The Morgan fingerprint density at radius 2 is 1.90 bits per heavy atom. The molecule has 2 aliphatic heterocycles. The van der Waals surface area contributed by atoms with Crippen LogP contribution in [0.5, 0.6) is 11.5 Å². The topological polar surface area (TPSA) is 121 Å². The summed E-state index contributed by atoms with van der Waals surface area (Å²) < 4.78 is 16.7. The zero-order chi connectivity index (χ0) is 22.4. The molecule has 1 amide bonds. The lowest BCUT2D eigenvalue weighted by Gasteiger charge is -2.30. The zero-order valence-corrected chi connectivity index (χ0v) is 18.3. The molecule has 3 heterocycles. The number of benzene rings is 1. The van der Waals surface area contributed by atoms with E-state index in [4.69, 9.17) is 19.6 Å². The summed E-state index contributed by atoms with van der Waals surface area (Å²) in [7, 11) is 0. The number of primary amides is 1. The van der Waals surface area contributed by atoms with Gasteiger partial charge in [0.1, 0.15) is 0 Å². The number of nitrogens with two attached hydrogens (primary N) is 1. The Kier molecular flexibility index (Phi) is 5.25. The number of hydrogen-bond donors (Lipinski definition) is 1. The standard InChI is InChI=1S/C22H28N4O5/c1-21(2,11-26-9-5-6-14(26)18(23)28)17(27)19-24-25-20(31-19)22(3,4)13-7-8-15-16(10-13)30-12-29-15/h7-8,10,14H,5-6,9,11-12H2,1-4H3,(H2,23,28)/t14-/m0/s1. The fourth-order valence-corrected chi connectivity index (χ4v) is 4.18. The van der Waals surface area contributed by atoms with Gasteiger partial charge in [-0.2, -0.15) is 0 Å². The van der Waals surface area contributed by atoms with E-state index in [0.717, 1.165) is 18.5 Å². The van der Waals surface area contributed by atoms with Crippen LogP contribution in [0.2, 0.25) is 0 Å². The van der Waals surface area contributed by atoms with Gasteiger partial charge in [-0.05, 0) is 50.9 Å². The number of amides is 1. The smallest absolute Gasteiger partial charge is 0.284 e. The minimum Gasteiger partial charge on any atom is -0.454 e. The van der Waals surface area contributed by atoms with E-state index in [2.05, 4.69) is 10.2 Å². The highest BCUT2D eigenvalue weighted by molar-refractivity contribution is 5.96. The summed E-state index contributed by atoms with van der Waals surface area (Å²) in [6, 6.07) is 5.31. The van der Waals surface area contributed by atoms with Crippen molar-refractivity contribution in [1.82, 2.24) is 15.1 Å². The molecule has 0 saturated carbocycles. The minimum atomic E-state index is -0.815. The zero-order valence-electron chi connectivity index (χ0n) is 18.3. The molecule has 0 spiro atoms. The van der Waals surface area contributed by atoms with E-state index in [1.807, 2.05) is 50.8 Å². The number of nitrogens with zero attached hydrogens (tertiary/aromatic N) is 3. The fourth-order valence-electron chi connectivity index (χ4n) is 4.18. The third-order valence-electron chi connectivity index (χ3n) is 6.15. The second kappa shape index (κ2) is 7.64. The number of rotatable bonds is 7. The van der Waals surface area contributed by atoms with Gasteiger partial charge in [0.2, 0.25) is 24.4 Å². The molecule has 9 nitrogen and oxygen atoms in total. The summed E-state index contributed by atoms with van der Waals surface area (Å²) in [5.74, 6) is 1.04. The van der Waals surface area contributed by atoms with Crippen LogP contribution in [0.4, 0.5) is 0 Å². The number of aromatic nitrogens is 2. The molecule has 1 aromatic carbocycles. The molecule has 1 saturated heterocycles. The Labute approximate surface area is 180 Å². The van der Waals surface area contributed by atoms with Crippen molar-refractivity contribution in [2.45, 2.75) is 52.0 Å². The summed E-state index contributed by atoms with van der Waals surface area (Å²) in [5.41, 5.74) is 4.96. The average Bonchev–Trinajstić information content (AvgIpc) is 3.46. The number of Topliss-reactive ketones (excluding diaryl/α,β-unsaturated/α-hetero) is 1. The summed E-state index contributed by atoms with van der Waals surface area (Å²) in [4.78, 5) is 26.8. The second-order valence-corrected chi connectivity index (χ2v) is 9.35. The molecule has 2 aliphatic rings. The fraction of sp³-hybridized carbons (Fsp3) is 0.545. The first-order valence-corrected chi connectivity index (χ1v) is 10.4. The maximum absolute atomic E-state index is 13.2. The summed E-state index contributed by atoms with van der Waals surface area (Å²) >= 11 is 0. The largest absolute Gasteiger partial charge is 0.454 e. The van der Waals surface area contributed by atoms with Gasteiger partial charge in [0.25, 0.3) is 5.89 Å². The van der Waals surface area contributed by atoms with Crippen molar-refractivity contribution in [1.29, 1.82) is 0 Å². The van der Waals surface area contributed by atoms with Gasteiger partial charge >= 0.3 is 0 Å². The molecule has 2 N–H and O–H groups in total. The maximum Gasteiger partial charge on any atom is 0.284 e. The van der Waals surface area contributed by atoms with E-state index in [1.54, 1.807) is 0 Å². The molecule has 1 aromatic heterocycles. The first-order valence-electron chi connectivity index (χ1n) is 10.4. The van der Waals surface area contributed by atoms with E-state index >= 15 is 0 Å². The lowest BCUT2D eigenvalue weighted by Crippen LogP contribution is -2.46. The summed E-state index contributed by atoms with van der Waals surface area (Å²) in [6.07, 6.45) is 1.60. The number of ether oxygens (including phenoxy) is 2. The molecule has 0 unspecified atom stereocenters. The average molecular weight is 428 g/mol. The van der Waals surface area contributed by atoms with Gasteiger partial charge in [-0.3, -0.25) is 14.5 Å². The number of carbonyl (C=O) groups excluding carboxylic acids is 2. The number of hydrogen-bond acceptors (Lipinski definition) is 8. The van der Waals surface area contributed by atoms with Crippen molar-refractivity contribution in [3.63, 3.8) is 0 Å². The molecule has 9 heteroatoms. The highest BCUT2D eigenvalue weighted by Crippen LogP contribution is 2.39. The van der Waals surface area contributed by atoms with E-state index in [1.165, 1.54) is 0 Å². The minimum absolute atomic E-state index is 0.0383. The number of ketones is 1. The van der Waals surface area contributed by atoms with Crippen molar-refractivity contribution in [2.75, 3.05) is 19.9 Å². The lowest BCUT2D eigenvalue weighted by molar-refractivity contribution is -0.122. The van der Waals surface area contributed by atoms with Gasteiger partial charge in [-0.1, -0.05) is 19.9 Å². The van der Waals surface area contributed by atoms with Crippen molar-refractivity contribution < 1.29 is 23.5 Å². The van der Waals surface area contributed by atoms with Gasteiger partial charge in [0.15, 0.2) is 11.5 Å². The van der Waals surface area contributed by atoms with Crippen LogP contribution in [-0.4, -0.2) is 52.7 Å². The molecule has 0 bridgehead atoms. The van der Waals surface area contributed by atoms with Crippen LogP contribution in [0.3, 0.4) is 0 Å². The lowest BCUT2D eigenvalue weighted by atomic mass is 9.84. The quantitative estimate of drug-likeness (QED) is 0.667. The molecule has 1 atom stereocenters. The van der Waals surface area contributed by atoms with Gasteiger partial charge in [-0.15, -0.1) is 10.2 Å². The molecular formula is C22H28N4O5. The number of fused-ring (bicyclic) bond motifs is 1. The Bertz CT molecular complexity index is 1010. The van der Waals surface area contributed by atoms with Crippen LogP contribution in [-0.2, 0) is 10.2 Å². The third kappa shape index (κ3) is 3.89. The van der Waals surface area contributed by atoms with Crippen LogP contribution in [0.1, 0.15) is 62.7 Å². The SMILES string of the molecule is CC(C)(CN1CCC[C@H]1C(N)=O)C(=O)c1nnc(C(C)(C)c2ccc3c(c2)OCO3)o1. The predicted molar refractivity (Wildman–Crippen MR) is 111 cm³/mol. The van der Waals surface area contributed by atoms with Crippen molar-refractivity contribution in [2.24, 2.45) is 11.1 Å². The van der Waals surface area contributed by atoms with Gasteiger partial charge in [-0.25, -0.2) is 0 Å². The molecule has 1 fully saturated rings. The van der Waals surface area contributed by atoms with Gasteiger partial charge in [0.05, 0.1) is 11.5 Å². The Hall–Kier alpha value is -2.94. The monoisotopic (exact) mass is 428 g/mol. The van der Waals surface area contributed by atoms with Gasteiger partial charge in [0, 0.05) is 12.0 Å².